The van der Waals surface area contributed by atoms with Gasteiger partial charge in [0.25, 0.3) is 10.0 Å². The second-order valence-corrected chi connectivity index (χ2v) is 6.31. The maximum Gasteiger partial charge on any atom is 0.276 e. The predicted octanol–water partition coefficient (Wildman–Crippen LogP) is 2.75. The van der Waals surface area contributed by atoms with Gasteiger partial charge in [0.2, 0.25) is 0 Å². The molecule has 0 aromatic heterocycles. The molecule has 2 aromatic rings. The zero-order valence-corrected chi connectivity index (χ0v) is 12.5. The Morgan fingerprint density at radius 1 is 1.14 bits per heavy atom. The first-order chi connectivity index (χ1) is 9.88. The van der Waals surface area contributed by atoms with Crippen molar-refractivity contribution in [3.05, 3.63) is 65.0 Å². The Kier molecular flexibility index (Phi) is 4.37. The van der Waals surface area contributed by atoms with Crippen LogP contribution >= 0.6 is 0 Å². The minimum absolute atomic E-state index is 0.180. The van der Waals surface area contributed by atoms with Gasteiger partial charge in [-0.3, -0.25) is 0 Å². The van der Waals surface area contributed by atoms with Crippen LogP contribution in [0.25, 0.3) is 0 Å². The molecular weight excluding hydrogens is 291 g/mol. The standard InChI is InChI=1S/C15H15FN2O2S/c1-11-6-7-12(2)15(8-11)21(19,20)18-17-10-13-4-3-5-14(16)9-13/h3-10,18H,1-2H3. The van der Waals surface area contributed by atoms with Crippen LogP contribution in [0.3, 0.4) is 0 Å². The third-order valence-corrected chi connectivity index (χ3v) is 4.23. The largest absolute Gasteiger partial charge is 0.276 e. The molecule has 0 atom stereocenters. The summed E-state index contributed by atoms with van der Waals surface area (Å²) in [6, 6.07) is 10.9. The summed E-state index contributed by atoms with van der Waals surface area (Å²) in [7, 11) is -3.74. The van der Waals surface area contributed by atoms with Crippen LogP contribution < -0.4 is 4.83 Å². The number of rotatable bonds is 4. The van der Waals surface area contributed by atoms with Gasteiger partial charge in [-0.15, -0.1) is 0 Å². The first kappa shape index (κ1) is 15.2. The van der Waals surface area contributed by atoms with Crippen molar-refractivity contribution in [3.63, 3.8) is 0 Å². The smallest absolute Gasteiger partial charge is 0.207 e. The summed E-state index contributed by atoms with van der Waals surface area (Å²) >= 11 is 0. The van der Waals surface area contributed by atoms with Gasteiger partial charge in [-0.1, -0.05) is 24.3 Å². The van der Waals surface area contributed by atoms with Gasteiger partial charge in [-0.2, -0.15) is 13.5 Å². The van der Waals surface area contributed by atoms with Gasteiger partial charge in [0, 0.05) is 0 Å². The fourth-order valence-electron chi connectivity index (χ4n) is 1.80. The van der Waals surface area contributed by atoms with Crippen LogP contribution in [0, 0.1) is 19.7 Å². The van der Waals surface area contributed by atoms with Gasteiger partial charge in [0.15, 0.2) is 0 Å². The van der Waals surface area contributed by atoms with Crippen molar-refractivity contribution in [2.24, 2.45) is 5.10 Å². The minimum Gasteiger partial charge on any atom is -0.207 e. The number of halogens is 1. The number of hydrazone groups is 1. The van der Waals surface area contributed by atoms with E-state index in [9.17, 15) is 12.8 Å². The zero-order valence-electron chi connectivity index (χ0n) is 11.7. The average Bonchev–Trinajstić information content (AvgIpc) is 2.41. The van der Waals surface area contributed by atoms with Gasteiger partial charge in [-0.25, -0.2) is 9.22 Å². The third-order valence-electron chi connectivity index (χ3n) is 2.87. The van der Waals surface area contributed by atoms with Gasteiger partial charge in [0.05, 0.1) is 11.1 Å². The van der Waals surface area contributed by atoms with E-state index >= 15 is 0 Å². The summed E-state index contributed by atoms with van der Waals surface area (Å²) in [5.41, 5.74) is 1.95. The molecule has 1 N–H and O–H groups in total. The fraction of sp³-hybridized carbons (Fsp3) is 0.133. The number of hydrogen-bond donors (Lipinski definition) is 1. The Hall–Kier alpha value is -2.21. The Labute approximate surface area is 123 Å². The van der Waals surface area contributed by atoms with Crippen LogP contribution in [0.15, 0.2) is 52.5 Å². The zero-order chi connectivity index (χ0) is 15.5. The third kappa shape index (κ3) is 3.88. The summed E-state index contributed by atoms with van der Waals surface area (Å²) in [6.45, 7) is 3.53. The van der Waals surface area contributed by atoms with Crippen molar-refractivity contribution in [1.82, 2.24) is 4.83 Å². The Bertz CT molecular complexity index is 786. The van der Waals surface area contributed by atoms with Gasteiger partial charge in [-0.05, 0) is 48.7 Å². The first-order valence-electron chi connectivity index (χ1n) is 6.26. The molecule has 4 nitrogen and oxygen atoms in total. The number of hydrogen-bond acceptors (Lipinski definition) is 3. The maximum atomic E-state index is 13.0. The molecule has 110 valence electrons. The van der Waals surface area contributed by atoms with E-state index in [4.69, 9.17) is 0 Å². The quantitative estimate of drug-likeness (QED) is 0.697. The molecule has 0 saturated carbocycles. The number of nitrogens with one attached hydrogen (secondary N) is 1. The van der Waals surface area contributed by atoms with Crippen molar-refractivity contribution >= 4 is 16.2 Å². The molecule has 0 fully saturated rings. The van der Waals surface area contributed by atoms with Crippen LogP contribution in [-0.2, 0) is 10.0 Å². The fourth-order valence-corrected chi connectivity index (χ4v) is 2.93. The van der Waals surface area contributed by atoms with Crippen molar-refractivity contribution in [1.29, 1.82) is 0 Å². The summed E-state index contributed by atoms with van der Waals surface area (Å²) in [6.07, 6.45) is 1.26. The highest BCUT2D eigenvalue weighted by Gasteiger charge is 2.15. The van der Waals surface area contributed by atoms with E-state index in [0.717, 1.165) is 5.56 Å². The van der Waals surface area contributed by atoms with Crippen molar-refractivity contribution in [3.8, 4) is 0 Å². The van der Waals surface area contributed by atoms with Gasteiger partial charge in [0.1, 0.15) is 5.82 Å². The molecule has 0 unspecified atom stereocenters. The molecule has 2 aromatic carbocycles. The molecular formula is C15H15FN2O2S. The van der Waals surface area contributed by atoms with Crippen LogP contribution in [-0.4, -0.2) is 14.6 Å². The summed E-state index contributed by atoms with van der Waals surface area (Å²) < 4.78 is 37.3. The highest BCUT2D eigenvalue weighted by atomic mass is 32.2. The van der Waals surface area contributed by atoms with E-state index < -0.39 is 15.8 Å². The van der Waals surface area contributed by atoms with E-state index in [-0.39, 0.29) is 4.90 Å². The number of sulfonamides is 1. The minimum atomic E-state index is -3.74. The van der Waals surface area contributed by atoms with Gasteiger partial charge >= 0.3 is 0 Å². The second kappa shape index (κ2) is 6.05. The molecule has 0 aliphatic heterocycles. The molecule has 0 amide bonds. The van der Waals surface area contributed by atoms with E-state index in [1.54, 1.807) is 25.1 Å². The summed E-state index contributed by atoms with van der Waals surface area (Å²) in [5, 5.41) is 3.67. The lowest BCUT2D eigenvalue weighted by Gasteiger charge is -2.07. The Morgan fingerprint density at radius 3 is 2.62 bits per heavy atom. The van der Waals surface area contributed by atoms with E-state index in [0.29, 0.717) is 11.1 Å². The lowest BCUT2D eigenvalue weighted by molar-refractivity contribution is 0.584. The molecule has 0 heterocycles. The normalized spacial score (nSPS) is 11.8. The van der Waals surface area contributed by atoms with Crippen LogP contribution in [0.1, 0.15) is 16.7 Å². The van der Waals surface area contributed by atoms with Gasteiger partial charge < -0.3 is 0 Å². The Morgan fingerprint density at radius 2 is 1.90 bits per heavy atom. The lowest BCUT2D eigenvalue weighted by atomic mass is 10.2. The molecule has 6 heteroatoms. The van der Waals surface area contributed by atoms with Crippen LogP contribution in [0.5, 0.6) is 0 Å². The average molecular weight is 306 g/mol. The highest BCUT2D eigenvalue weighted by molar-refractivity contribution is 7.89. The second-order valence-electron chi connectivity index (χ2n) is 4.68. The predicted molar refractivity (Wildman–Crippen MR) is 80.2 cm³/mol. The highest BCUT2D eigenvalue weighted by Crippen LogP contribution is 2.16. The monoisotopic (exact) mass is 306 g/mol. The molecule has 0 spiro atoms. The number of benzene rings is 2. The van der Waals surface area contributed by atoms with Crippen molar-refractivity contribution < 1.29 is 12.8 Å². The van der Waals surface area contributed by atoms with Crippen LogP contribution in [0.2, 0.25) is 0 Å². The van der Waals surface area contributed by atoms with Crippen molar-refractivity contribution in [2.75, 3.05) is 0 Å². The SMILES string of the molecule is Cc1ccc(C)c(S(=O)(=O)NN=Cc2cccc(F)c2)c1. The van der Waals surface area contributed by atoms with E-state index in [1.807, 2.05) is 13.0 Å². The van der Waals surface area contributed by atoms with E-state index in [1.165, 1.54) is 24.4 Å². The lowest BCUT2D eigenvalue weighted by Crippen LogP contribution is -2.19. The van der Waals surface area contributed by atoms with Crippen LogP contribution in [0.4, 0.5) is 4.39 Å². The molecule has 2 rings (SSSR count). The Balaban J connectivity index is 2.20. The van der Waals surface area contributed by atoms with E-state index in [2.05, 4.69) is 9.93 Å². The molecule has 0 aliphatic carbocycles. The molecule has 0 saturated heterocycles. The topological polar surface area (TPSA) is 58.5 Å². The van der Waals surface area contributed by atoms with Crippen molar-refractivity contribution in [2.45, 2.75) is 18.7 Å². The summed E-state index contributed by atoms with van der Waals surface area (Å²) in [4.78, 5) is 2.31. The first-order valence-corrected chi connectivity index (χ1v) is 7.74. The molecule has 0 radical (unpaired) electrons. The number of nitrogens with zero attached hydrogens (tertiary/aromatic N) is 1. The summed E-state index contributed by atoms with van der Waals surface area (Å²) in [5.74, 6) is -0.406. The maximum absolute atomic E-state index is 13.0. The number of aryl methyl sites for hydroxylation is 2. The molecule has 0 bridgehead atoms. The molecule has 0 aliphatic rings. The molecule has 21 heavy (non-hydrogen) atoms.